The Kier molecular flexibility index (Phi) is 3.56. The third-order valence-corrected chi connectivity index (χ3v) is 5.83. The highest BCUT2D eigenvalue weighted by atomic mass is 79.9. The number of anilines is 1. The maximum atomic E-state index is 4.38. The van der Waals surface area contributed by atoms with E-state index in [4.69, 9.17) is 0 Å². The molecule has 0 bridgehead atoms. The Balaban J connectivity index is 1.92. The molecule has 0 aliphatic carbocycles. The standard InChI is InChI=1S/C13H12BrN3S2/c1-7-8(2)19-13-11(7)12(16-6-17-13)15-4-10-3-9(14)5-18-10/h3,5-6H,4H2,1-2H3,(H,15,16,17). The number of halogens is 1. The molecule has 0 fully saturated rings. The van der Waals surface area contributed by atoms with E-state index in [1.165, 1.54) is 15.3 Å². The molecule has 3 nitrogen and oxygen atoms in total. The van der Waals surface area contributed by atoms with Gasteiger partial charge in [0.05, 0.1) is 11.9 Å². The van der Waals surface area contributed by atoms with Gasteiger partial charge >= 0.3 is 0 Å². The Morgan fingerprint density at radius 1 is 1.32 bits per heavy atom. The van der Waals surface area contributed by atoms with Crippen molar-refractivity contribution in [1.29, 1.82) is 0 Å². The summed E-state index contributed by atoms with van der Waals surface area (Å²) in [6.45, 7) is 5.04. The van der Waals surface area contributed by atoms with E-state index in [1.807, 2.05) is 0 Å². The highest BCUT2D eigenvalue weighted by Gasteiger charge is 2.11. The predicted molar refractivity (Wildman–Crippen MR) is 86.2 cm³/mol. The summed E-state index contributed by atoms with van der Waals surface area (Å²) in [4.78, 5) is 12.4. The molecule has 6 heteroatoms. The monoisotopic (exact) mass is 353 g/mol. The topological polar surface area (TPSA) is 37.8 Å². The number of hydrogen-bond acceptors (Lipinski definition) is 5. The van der Waals surface area contributed by atoms with Gasteiger partial charge in [-0.15, -0.1) is 22.7 Å². The molecule has 0 aliphatic heterocycles. The van der Waals surface area contributed by atoms with Crippen LogP contribution in [0.3, 0.4) is 0 Å². The second kappa shape index (κ2) is 5.19. The molecule has 3 heterocycles. The van der Waals surface area contributed by atoms with E-state index in [0.29, 0.717) is 0 Å². The fraction of sp³-hybridized carbons (Fsp3) is 0.231. The first kappa shape index (κ1) is 13.0. The summed E-state index contributed by atoms with van der Waals surface area (Å²) in [5.74, 6) is 0.927. The van der Waals surface area contributed by atoms with Crippen LogP contribution in [0.2, 0.25) is 0 Å². The van der Waals surface area contributed by atoms with E-state index >= 15 is 0 Å². The van der Waals surface area contributed by atoms with Crippen LogP contribution in [0.4, 0.5) is 5.82 Å². The summed E-state index contributed by atoms with van der Waals surface area (Å²) < 4.78 is 1.13. The number of fused-ring (bicyclic) bond motifs is 1. The summed E-state index contributed by atoms with van der Waals surface area (Å²) in [5.41, 5.74) is 1.27. The lowest BCUT2D eigenvalue weighted by Gasteiger charge is -2.05. The minimum atomic E-state index is 0.788. The molecule has 0 radical (unpaired) electrons. The van der Waals surface area contributed by atoms with E-state index in [1.54, 1.807) is 29.0 Å². The van der Waals surface area contributed by atoms with Crippen LogP contribution in [0, 0.1) is 13.8 Å². The van der Waals surface area contributed by atoms with Crippen molar-refractivity contribution < 1.29 is 0 Å². The number of nitrogens with one attached hydrogen (secondary N) is 1. The lowest BCUT2D eigenvalue weighted by atomic mass is 10.2. The van der Waals surface area contributed by atoms with Crippen LogP contribution < -0.4 is 5.32 Å². The SMILES string of the molecule is Cc1sc2ncnc(NCc3cc(Br)cs3)c2c1C. The minimum Gasteiger partial charge on any atom is -0.365 e. The second-order valence-corrected chi connectivity index (χ2v) is 7.39. The van der Waals surface area contributed by atoms with Crippen molar-refractivity contribution in [3.8, 4) is 0 Å². The zero-order valence-corrected chi connectivity index (χ0v) is 13.7. The van der Waals surface area contributed by atoms with Gasteiger partial charge in [-0.2, -0.15) is 0 Å². The van der Waals surface area contributed by atoms with Crippen molar-refractivity contribution in [2.75, 3.05) is 5.32 Å². The smallest absolute Gasteiger partial charge is 0.138 e. The van der Waals surface area contributed by atoms with Gasteiger partial charge in [0.15, 0.2) is 0 Å². The average Bonchev–Trinajstić information content (AvgIpc) is 2.93. The molecule has 3 aromatic heterocycles. The first-order valence-electron chi connectivity index (χ1n) is 5.82. The maximum absolute atomic E-state index is 4.38. The number of aryl methyl sites for hydroxylation is 2. The van der Waals surface area contributed by atoms with Gasteiger partial charge in [-0.1, -0.05) is 0 Å². The summed E-state index contributed by atoms with van der Waals surface area (Å²) in [6, 6.07) is 2.13. The zero-order chi connectivity index (χ0) is 13.4. The lowest BCUT2D eigenvalue weighted by Crippen LogP contribution is -2.00. The van der Waals surface area contributed by atoms with Crippen molar-refractivity contribution >= 4 is 54.6 Å². The van der Waals surface area contributed by atoms with E-state index in [-0.39, 0.29) is 0 Å². The molecule has 3 aromatic rings. The van der Waals surface area contributed by atoms with Crippen molar-refractivity contribution in [3.63, 3.8) is 0 Å². The molecule has 0 aromatic carbocycles. The van der Waals surface area contributed by atoms with Gasteiger partial charge in [0, 0.05) is 19.6 Å². The molecule has 1 N–H and O–H groups in total. The maximum Gasteiger partial charge on any atom is 0.138 e. The molecule has 0 aliphatic rings. The highest BCUT2D eigenvalue weighted by Crippen LogP contribution is 2.32. The molecule has 0 saturated heterocycles. The zero-order valence-electron chi connectivity index (χ0n) is 10.5. The molecule has 0 atom stereocenters. The van der Waals surface area contributed by atoms with Crippen molar-refractivity contribution in [1.82, 2.24) is 9.97 Å². The van der Waals surface area contributed by atoms with Crippen LogP contribution in [0.1, 0.15) is 15.3 Å². The van der Waals surface area contributed by atoms with E-state index < -0.39 is 0 Å². The third kappa shape index (κ3) is 2.52. The van der Waals surface area contributed by atoms with E-state index in [2.05, 4.69) is 56.5 Å². The summed E-state index contributed by atoms with van der Waals surface area (Å²) in [7, 11) is 0. The van der Waals surface area contributed by atoms with Crippen molar-refractivity contribution in [2.45, 2.75) is 20.4 Å². The molecular weight excluding hydrogens is 342 g/mol. The molecule has 0 saturated carbocycles. The Labute approximate surface area is 127 Å². The Morgan fingerprint density at radius 3 is 2.89 bits per heavy atom. The Hall–Kier alpha value is -0.980. The third-order valence-electron chi connectivity index (χ3n) is 3.02. The number of aromatic nitrogens is 2. The van der Waals surface area contributed by atoms with Crippen LogP contribution >= 0.6 is 38.6 Å². The molecule has 0 amide bonds. The number of hydrogen-bond donors (Lipinski definition) is 1. The van der Waals surface area contributed by atoms with Gasteiger partial charge in [0.25, 0.3) is 0 Å². The highest BCUT2D eigenvalue weighted by molar-refractivity contribution is 9.10. The number of thiophene rings is 2. The number of nitrogens with zero attached hydrogens (tertiary/aromatic N) is 2. The van der Waals surface area contributed by atoms with Crippen LogP contribution in [-0.4, -0.2) is 9.97 Å². The normalized spacial score (nSPS) is 11.1. The molecule has 19 heavy (non-hydrogen) atoms. The summed E-state index contributed by atoms with van der Waals surface area (Å²) >= 11 is 6.93. The van der Waals surface area contributed by atoms with Crippen molar-refractivity contribution in [3.05, 3.63) is 37.6 Å². The summed E-state index contributed by atoms with van der Waals surface area (Å²) in [6.07, 6.45) is 1.63. The first-order chi connectivity index (χ1) is 9.15. The van der Waals surface area contributed by atoms with Crippen LogP contribution in [0.15, 0.2) is 22.2 Å². The fourth-order valence-electron chi connectivity index (χ4n) is 1.93. The minimum absolute atomic E-state index is 0.788. The summed E-state index contributed by atoms with van der Waals surface area (Å²) in [5, 5.41) is 6.66. The largest absolute Gasteiger partial charge is 0.365 e. The quantitative estimate of drug-likeness (QED) is 0.738. The fourth-order valence-corrected chi connectivity index (χ4v) is 4.32. The first-order valence-corrected chi connectivity index (χ1v) is 8.31. The van der Waals surface area contributed by atoms with E-state index in [9.17, 15) is 0 Å². The van der Waals surface area contributed by atoms with Gasteiger partial charge in [0.2, 0.25) is 0 Å². The Bertz CT molecular complexity index is 733. The molecular formula is C13H12BrN3S2. The molecule has 0 spiro atoms. The lowest BCUT2D eigenvalue weighted by molar-refractivity contribution is 1.13. The van der Waals surface area contributed by atoms with Gasteiger partial charge in [0.1, 0.15) is 17.0 Å². The van der Waals surface area contributed by atoms with Gasteiger partial charge in [-0.25, -0.2) is 9.97 Å². The molecule has 98 valence electrons. The van der Waals surface area contributed by atoms with Gasteiger partial charge in [-0.3, -0.25) is 0 Å². The van der Waals surface area contributed by atoms with Crippen LogP contribution in [0.5, 0.6) is 0 Å². The average molecular weight is 354 g/mol. The molecule has 0 unspecified atom stereocenters. The number of rotatable bonds is 3. The molecule has 3 rings (SSSR count). The Morgan fingerprint density at radius 2 is 2.16 bits per heavy atom. The van der Waals surface area contributed by atoms with Crippen molar-refractivity contribution in [2.24, 2.45) is 0 Å². The van der Waals surface area contributed by atoms with Gasteiger partial charge in [-0.05, 0) is 41.4 Å². The van der Waals surface area contributed by atoms with Crippen LogP contribution in [-0.2, 0) is 6.54 Å². The van der Waals surface area contributed by atoms with Crippen LogP contribution in [0.25, 0.3) is 10.2 Å². The predicted octanol–water partition coefficient (Wildman–Crippen LogP) is 4.74. The van der Waals surface area contributed by atoms with Gasteiger partial charge < -0.3 is 5.32 Å². The van der Waals surface area contributed by atoms with E-state index in [0.717, 1.165) is 27.1 Å². The second-order valence-electron chi connectivity index (χ2n) is 4.27.